The van der Waals surface area contributed by atoms with Crippen molar-refractivity contribution < 1.29 is 14.6 Å². The van der Waals surface area contributed by atoms with Crippen LogP contribution in [0.3, 0.4) is 0 Å². The molecule has 2 aliphatic rings. The number of anilines is 1. The Bertz CT molecular complexity index is 898. The molecule has 2 atom stereocenters. The van der Waals surface area contributed by atoms with Gasteiger partial charge in [-0.05, 0) is 53.9 Å². The molecule has 0 fully saturated rings. The van der Waals surface area contributed by atoms with E-state index in [0.29, 0.717) is 11.7 Å². The fraction of sp³-hybridized carbons (Fsp3) is 0.476. The van der Waals surface area contributed by atoms with Crippen molar-refractivity contribution in [3.63, 3.8) is 0 Å². The van der Waals surface area contributed by atoms with Crippen LogP contribution in [0.2, 0.25) is 0 Å². The van der Waals surface area contributed by atoms with Crippen LogP contribution >= 0.6 is 11.3 Å². The lowest BCUT2D eigenvalue weighted by Crippen LogP contribution is -2.38. The Hall–Kier alpha value is -2.21. The smallest absolute Gasteiger partial charge is 0.256 e. The second-order valence-electron chi connectivity index (χ2n) is 8.50. The molecule has 2 aromatic rings. The quantitative estimate of drug-likeness (QED) is 0.712. The highest BCUT2D eigenvalue weighted by atomic mass is 32.1. The highest BCUT2D eigenvalue weighted by molar-refractivity contribution is 7.16. The fourth-order valence-electron chi connectivity index (χ4n) is 4.09. The first-order chi connectivity index (χ1) is 12.8. The van der Waals surface area contributed by atoms with Crippen molar-refractivity contribution in [1.29, 1.82) is 0 Å². The summed E-state index contributed by atoms with van der Waals surface area (Å²) in [5.41, 5.74) is 3.11. The van der Waals surface area contributed by atoms with Gasteiger partial charge in [-0.15, -0.1) is 11.3 Å². The van der Waals surface area contributed by atoms with E-state index in [0.717, 1.165) is 35.4 Å². The summed E-state index contributed by atoms with van der Waals surface area (Å²) in [7, 11) is 1.52. The predicted molar refractivity (Wildman–Crippen MR) is 108 cm³/mol. The molecule has 2 heterocycles. The van der Waals surface area contributed by atoms with Gasteiger partial charge in [-0.2, -0.15) is 0 Å². The Morgan fingerprint density at radius 1 is 1.26 bits per heavy atom. The van der Waals surface area contributed by atoms with Gasteiger partial charge in [-0.3, -0.25) is 4.79 Å². The largest absolute Gasteiger partial charge is 0.504 e. The van der Waals surface area contributed by atoms with Crippen LogP contribution in [-0.4, -0.2) is 18.1 Å². The zero-order valence-corrected chi connectivity index (χ0v) is 17.0. The second kappa shape index (κ2) is 6.44. The third kappa shape index (κ3) is 3.16. The van der Waals surface area contributed by atoms with Gasteiger partial charge in [0.05, 0.1) is 12.7 Å². The molecule has 1 aliphatic heterocycles. The molecule has 1 aliphatic carbocycles. The Kier molecular flexibility index (Phi) is 4.34. The molecule has 144 valence electrons. The average Bonchev–Trinajstić information content (AvgIpc) is 2.98. The van der Waals surface area contributed by atoms with Gasteiger partial charge in [-0.1, -0.05) is 26.8 Å². The molecule has 5 nitrogen and oxygen atoms in total. The molecular formula is C21H26N2O3S. The Labute approximate surface area is 163 Å². The summed E-state index contributed by atoms with van der Waals surface area (Å²) in [6, 6.07) is 5.19. The molecule has 1 aromatic heterocycles. The van der Waals surface area contributed by atoms with Crippen molar-refractivity contribution >= 4 is 22.2 Å². The van der Waals surface area contributed by atoms with E-state index in [2.05, 4.69) is 31.4 Å². The van der Waals surface area contributed by atoms with E-state index >= 15 is 0 Å². The van der Waals surface area contributed by atoms with Gasteiger partial charge in [0.15, 0.2) is 11.5 Å². The summed E-state index contributed by atoms with van der Waals surface area (Å²) < 4.78 is 5.10. The molecule has 0 bridgehead atoms. The molecule has 0 unspecified atom stereocenters. The Morgan fingerprint density at radius 2 is 2.04 bits per heavy atom. The van der Waals surface area contributed by atoms with Gasteiger partial charge >= 0.3 is 0 Å². The van der Waals surface area contributed by atoms with Gasteiger partial charge in [0.2, 0.25) is 0 Å². The fourth-order valence-corrected chi connectivity index (χ4v) is 5.44. The molecule has 4 rings (SSSR count). The van der Waals surface area contributed by atoms with Gasteiger partial charge in [-0.25, -0.2) is 0 Å². The molecule has 1 amide bonds. The van der Waals surface area contributed by atoms with E-state index in [1.54, 1.807) is 23.5 Å². The molecule has 0 saturated carbocycles. The molecule has 0 spiro atoms. The molecule has 1 aromatic carbocycles. The normalized spacial score (nSPS) is 21.7. The number of carbonyl (C=O) groups is 1. The maximum Gasteiger partial charge on any atom is 0.256 e. The summed E-state index contributed by atoms with van der Waals surface area (Å²) in [4.78, 5) is 14.2. The second-order valence-corrected chi connectivity index (χ2v) is 9.60. The number of fused-ring (bicyclic) bond motifs is 3. The zero-order valence-electron chi connectivity index (χ0n) is 16.2. The molecule has 6 heteroatoms. The first-order valence-electron chi connectivity index (χ1n) is 9.36. The summed E-state index contributed by atoms with van der Waals surface area (Å²) in [5.74, 6) is 1.09. The van der Waals surface area contributed by atoms with Gasteiger partial charge in [0.1, 0.15) is 11.2 Å². The van der Waals surface area contributed by atoms with Crippen molar-refractivity contribution in [3.05, 3.63) is 39.8 Å². The van der Waals surface area contributed by atoms with Crippen molar-refractivity contribution in [3.8, 4) is 11.5 Å². The number of phenols is 1. The number of hydrogen-bond donors (Lipinski definition) is 3. The van der Waals surface area contributed by atoms with Gasteiger partial charge < -0.3 is 20.5 Å². The first kappa shape index (κ1) is 18.2. The number of thiophene rings is 1. The van der Waals surface area contributed by atoms with Crippen LogP contribution in [0.25, 0.3) is 0 Å². The minimum Gasteiger partial charge on any atom is -0.504 e. The summed E-state index contributed by atoms with van der Waals surface area (Å²) >= 11 is 1.71. The molecular weight excluding hydrogens is 360 g/mol. The first-order valence-corrected chi connectivity index (χ1v) is 10.2. The van der Waals surface area contributed by atoms with Crippen molar-refractivity contribution in [1.82, 2.24) is 5.32 Å². The Balaban J connectivity index is 1.63. The lowest BCUT2D eigenvalue weighted by molar-refractivity contribution is 0.0934. The van der Waals surface area contributed by atoms with Crippen LogP contribution in [0.15, 0.2) is 18.2 Å². The number of methoxy groups -OCH3 is 1. The van der Waals surface area contributed by atoms with Crippen molar-refractivity contribution in [2.75, 3.05) is 12.4 Å². The van der Waals surface area contributed by atoms with Gasteiger partial charge in [0, 0.05) is 4.88 Å². The summed E-state index contributed by atoms with van der Waals surface area (Å²) in [6.45, 7) is 6.90. The topological polar surface area (TPSA) is 70.6 Å². The highest BCUT2D eigenvalue weighted by Crippen LogP contribution is 2.46. The SMILES string of the molecule is COc1ccc([C@H]2NC(=O)c3c(sc4c3CC[C@H](C(C)(C)C)C4)N2)cc1O. The number of aromatic hydroxyl groups is 1. The number of amides is 1. The van der Waals surface area contributed by atoms with E-state index in [4.69, 9.17) is 4.74 Å². The minimum absolute atomic E-state index is 0.0317. The number of carbonyl (C=O) groups excluding carboxylic acids is 1. The minimum atomic E-state index is -0.361. The third-order valence-electron chi connectivity index (χ3n) is 5.80. The van der Waals surface area contributed by atoms with E-state index in [1.807, 2.05) is 6.07 Å². The Morgan fingerprint density at radius 3 is 2.70 bits per heavy atom. The monoisotopic (exact) mass is 386 g/mol. The van der Waals surface area contributed by atoms with E-state index in [-0.39, 0.29) is 23.2 Å². The van der Waals surface area contributed by atoms with Crippen LogP contribution in [-0.2, 0) is 12.8 Å². The van der Waals surface area contributed by atoms with Crippen LogP contribution in [0, 0.1) is 11.3 Å². The molecule has 27 heavy (non-hydrogen) atoms. The van der Waals surface area contributed by atoms with Crippen LogP contribution < -0.4 is 15.4 Å². The van der Waals surface area contributed by atoms with E-state index in [1.165, 1.54) is 17.6 Å². The van der Waals surface area contributed by atoms with Crippen LogP contribution in [0.4, 0.5) is 5.00 Å². The number of phenolic OH excluding ortho intramolecular Hbond substituents is 1. The maximum atomic E-state index is 12.9. The lowest BCUT2D eigenvalue weighted by atomic mass is 9.72. The summed E-state index contributed by atoms with van der Waals surface area (Å²) in [5, 5.41) is 17.5. The van der Waals surface area contributed by atoms with Crippen molar-refractivity contribution in [2.45, 2.75) is 46.2 Å². The van der Waals surface area contributed by atoms with Gasteiger partial charge in [0.25, 0.3) is 5.91 Å². The predicted octanol–water partition coefficient (Wildman–Crippen LogP) is 4.47. The average molecular weight is 387 g/mol. The third-order valence-corrected chi connectivity index (χ3v) is 6.99. The number of rotatable bonds is 2. The lowest BCUT2D eigenvalue weighted by Gasteiger charge is -2.34. The van der Waals surface area contributed by atoms with Crippen molar-refractivity contribution in [2.24, 2.45) is 11.3 Å². The molecule has 0 radical (unpaired) electrons. The standard InChI is InChI=1S/C21H26N2O3S/c1-21(2,3)12-6-7-13-16(10-12)27-20-17(13)19(25)22-18(23-20)11-5-8-15(26-4)14(24)9-11/h5,8-9,12,18,23-24H,6-7,10H2,1-4H3,(H,22,25)/t12-,18-/m0/s1. The molecule has 0 saturated heterocycles. The number of nitrogens with one attached hydrogen (secondary N) is 2. The number of ether oxygens (including phenoxy) is 1. The van der Waals surface area contributed by atoms with Crippen LogP contribution in [0.5, 0.6) is 11.5 Å². The maximum absolute atomic E-state index is 12.9. The zero-order chi connectivity index (χ0) is 19.3. The summed E-state index contributed by atoms with van der Waals surface area (Å²) in [6.07, 6.45) is 2.77. The van der Waals surface area contributed by atoms with E-state index < -0.39 is 0 Å². The highest BCUT2D eigenvalue weighted by Gasteiger charge is 2.36. The van der Waals surface area contributed by atoms with E-state index in [9.17, 15) is 9.90 Å². The molecule has 3 N–H and O–H groups in total. The van der Waals surface area contributed by atoms with Crippen LogP contribution in [0.1, 0.15) is 59.7 Å². The number of hydrogen-bond acceptors (Lipinski definition) is 5. The number of benzene rings is 1.